The van der Waals surface area contributed by atoms with Gasteiger partial charge >= 0.3 is 0 Å². The van der Waals surface area contributed by atoms with Crippen molar-refractivity contribution in [2.24, 2.45) is 11.7 Å². The van der Waals surface area contributed by atoms with E-state index in [9.17, 15) is 58.2 Å². The zero-order valence-electron chi connectivity index (χ0n) is 48.4. The molecule has 8 atom stereocenters. The van der Waals surface area contributed by atoms with Crippen LogP contribution in [0.4, 0.5) is 0 Å². The van der Waals surface area contributed by atoms with Crippen molar-refractivity contribution in [3.05, 3.63) is 84.1 Å². The Bertz CT molecular complexity index is 3040. The van der Waals surface area contributed by atoms with Crippen LogP contribution in [0.2, 0.25) is 0 Å². The van der Waals surface area contributed by atoms with Gasteiger partial charge in [-0.1, -0.05) is 44.2 Å². The minimum atomic E-state index is -1.71. The topological polar surface area (TPSA) is 420 Å². The van der Waals surface area contributed by atoms with Gasteiger partial charge in [0.05, 0.1) is 18.6 Å². The van der Waals surface area contributed by atoms with Gasteiger partial charge in [-0.15, -0.1) is 0 Å². The zero-order chi connectivity index (χ0) is 61.9. The summed E-state index contributed by atoms with van der Waals surface area (Å²) in [5.41, 5.74) is 7.68. The molecule has 3 fully saturated rings. The van der Waals surface area contributed by atoms with Crippen molar-refractivity contribution < 1.29 is 58.2 Å². The third-order valence-corrected chi connectivity index (χ3v) is 15.3. The molecule has 10 amide bonds. The smallest absolute Gasteiger partial charge is 0.245 e. The molecule has 28 nitrogen and oxygen atoms in total. The molecule has 86 heavy (non-hydrogen) atoms. The average molecular weight is 1190 g/mol. The molecule has 464 valence electrons. The summed E-state index contributed by atoms with van der Waals surface area (Å²) in [5.74, 6) is -6.74. The van der Waals surface area contributed by atoms with E-state index in [4.69, 9.17) is 11.1 Å². The molecule has 0 bridgehead atoms. The summed E-state index contributed by atoms with van der Waals surface area (Å²) in [6.07, 6.45) is 7.61. The third-order valence-electron chi connectivity index (χ3n) is 15.3. The summed E-state index contributed by atoms with van der Waals surface area (Å²) < 4.78 is 0. The fourth-order valence-electron chi connectivity index (χ4n) is 10.8. The Labute approximate surface area is 497 Å². The number of guanidine groups is 1. The lowest BCUT2D eigenvalue weighted by Gasteiger charge is -2.32. The Morgan fingerprint density at radius 3 is 2.06 bits per heavy atom. The number of aromatic nitrogens is 3. The van der Waals surface area contributed by atoms with E-state index in [1.54, 1.807) is 23.2 Å². The number of aliphatic hydroxyl groups is 1. The minimum absolute atomic E-state index is 0.0718. The first-order valence-corrected chi connectivity index (χ1v) is 29.2. The van der Waals surface area contributed by atoms with Crippen LogP contribution in [0.5, 0.6) is 5.75 Å². The van der Waals surface area contributed by atoms with Crippen LogP contribution in [0, 0.1) is 11.3 Å². The van der Waals surface area contributed by atoms with Crippen molar-refractivity contribution in [1.29, 1.82) is 5.41 Å². The van der Waals surface area contributed by atoms with Gasteiger partial charge in [-0.25, -0.2) is 4.98 Å². The molecule has 4 aromatic rings. The first kappa shape index (κ1) is 64.5. The van der Waals surface area contributed by atoms with Crippen LogP contribution in [0.3, 0.4) is 0 Å². The first-order valence-electron chi connectivity index (χ1n) is 29.2. The van der Waals surface area contributed by atoms with Gasteiger partial charge in [-0.3, -0.25) is 53.4 Å². The predicted octanol–water partition coefficient (Wildman–Crippen LogP) is -1.77. The number of nitrogens with one attached hydrogen (secondary N) is 12. The molecule has 0 aliphatic carbocycles. The molecule has 7 rings (SSSR count). The van der Waals surface area contributed by atoms with Crippen LogP contribution in [-0.4, -0.2) is 188 Å². The molecule has 3 aliphatic rings. The number of likely N-dealkylation sites (tertiary alicyclic amines) is 2. The molecule has 0 spiro atoms. The molecule has 28 heteroatoms. The van der Waals surface area contributed by atoms with E-state index in [2.05, 4.69) is 62.8 Å². The van der Waals surface area contributed by atoms with E-state index < -0.39 is 102 Å². The number of amides is 10. The number of carbonyl (C=O) groups is 10. The number of imidazole rings is 1. The molecule has 2 aromatic heterocycles. The fraction of sp³-hybridized carbons (Fsp3) is 0.517. The van der Waals surface area contributed by atoms with E-state index >= 15 is 0 Å². The summed E-state index contributed by atoms with van der Waals surface area (Å²) in [5, 5.41) is 52.9. The number of nitrogens with two attached hydrogens (primary N) is 1. The SMILES string of the molecule is CC(C)C[C@H](NC(=O)CCNC(=O)[C@H](Cc1ccc(O)cc1)NC(=O)[C@H](CO)NC(=O)[C@H](Cc1c[nH]c2ccccc12)NC(=O)[C@H](Cc1c[nH]cn1)NC(=O)[C@@H]1CCC(=O)N1)C(=O)N[C@@H](CCCNC(=N)N)C(=O)N1CCC[C@H]1C(=O)N1CCCC1. The van der Waals surface area contributed by atoms with Gasteiger partial charge in [0.25, 0.3) is 0 Å². The molecule has 2 aromatic carbocycles. The summed E-state index contributed by atoms with van der Waals surface area (Å²) in [7, 11) is 0. The number of nitrogens with zero attached hydrogens (tertiary/aromatic N) is 3. The Hall–Kier alpha value is -9.08. The summed E-state index contributed by atoms with van der Waals surface area (Å²) in [6, 6.07) is 3.39. The van der Waals surface area contributed by atoms with Crippen LogP contribution in [0.1, 0.15) is 94.9 Å². The van der Waals surface area contributed by atoms with Gasteiger partial charge in [0.2, 0.25) is 59.1 Å². The second-order valence-corrected chi connectivity index (χ2v) is 22.3. The number of aromatic amines is 2. The molecule has 0 radical (unpaired) electrons. The molecular formula is C58H80N16O12. The van der Waals surface area contributed by atoms with Crippen LogP contribution < -0.4 is 53.6 Å². The van der Waals surface area contributed by atoms with Crippen molar-refractivity contribution in [2.75, 3.05) is 39.3 Å². The molecular weight excluding hydrogens is 1110 g/mol. The highest BCUT2D eigenvalue weighted by molar-refractivity contribution is 5.98. The second-order valence-electron chi connectivity index (χ2n) is 22.3. The number of phenolic OH excluding ortho intramolecular Hbond substituents is 1. The van der Waals surface area contributed by atoms with E-state index in [0.717, 1.165) is 23.7 Å². The average Bonchev–Trinajstić information content (AvgIpc) is 3.39. The Morgan fingerprint density at radius 2 is 1.40 bits per heavy atom. The van der Waals surface area contributed by atoms with Crippen molar-refractivity contribution >= 4 is 75.9 Å². The maximum absolute atomic E-state index is 14.4. The number of rotatable bonds is 30. The number of para-hydroxylation sites is 1. The maximum atomic E-state index is 14.4. The van der Waals surface area contributed by atoms with E-state index in [1.807, 2.05) is 26.0 Å². The van der Waals surface area contributed by atoms with Crippen LogP contribution in [0.25, 0.3) is 10.9 Å². The fourth-order valence-corrected chi connectivity index (χ4v) is 10.8. The molecule has 3 aliphatic heterocycles. The number of H-pyrrole nitrogens is 2. The molecule has 5 heterocycles. The molecule has 16 N–H and O–H groups in total. The summed E-state index contributed by atoms with van der Waals surface area (Å²) in [6.45, 7) is 4.23. The predicted molar refractivity (Wildman–Crippen MR) is 313 cm³/mol. The number of hydrogen-bond acceptors (Lipinski definition) is 14. The standard InChI is InChI=1S/C58H80N16O12/c1-33(2)25-42(52(81)68-41(11-7-20-63-58(59)60)56(85)74-24-8-12-47(74)57(86)73-22-5-6-23-73)67-49(78)19-21-62-50(79)43(26-34-13-15-37(76)16-14-34)69-55(84)46(31-75)72-53(82)44(27-35-29-64-39-10-4-3-9-38(35)39)70-54(83)45(28-36-30-61-32-65-36)71-51(80)40-17-18-48(77)66-40/h3-4,9-10,13-16,29-30,32-33,40-47,64,75-76H,5-8,11-12,17-28,31H2,1-2H3,(H,61,65)(H,62,79)(H,66,77)(H,67,78)(H,68,81)(H,69,84)(H,70,83)(H,71,80)(H,72,82)(H4,59,60,63)/t40-,41-,42-,43-,44-,45-,46-,47-/m0/s1. The molecule has 0 unspecified atom stereocenters. The zero-order valence-corrected chi connectivity index (χ0v) is 48.4. The highest BCUT2D eigenvalue weighted by Crippen LogP contribution is 2.24. The number of hydrogen-bond donors (Lipinski definition) is 15. The minimum Gasteiger partial charge on any atom is -0.508 e. The molecule has 3 saturated heterocycles. The highest BCUT2D eigenvalue weighted by atomic mass is 16.3. The van der Waals surface area contributed by atoms with Gasteiger partial charge in [0.1, 0.15) is 54.1 Å². The number of aromatic hydroxyl groups is 1. The normalized spacial score (nSPS) is 17.7. The number of fused-ring (bicyclic) bond motifs is 1. The van der Waals surface area contributed by atoms with Gasteiger partial charge in [-0.05, 0) is 86.6 Å². The van der Waals surface area contributed by atoms with Crippen molar-refractivity contribution in [3.63, 3.8) is 0 Å². The van der Waals surface area contributed by atoms with E-state index in [1.165, 1.54) is 41.7 Å². The van der Waals surface area contributed by atoms with Crippen LogP contribution in [0.15, 0.2) is 67.3 Å². The number of phenols is 1. The van der Waals surface area contributed by atoms with Gasteiger partial charge < -0.3 is 83.6 Å². The van der Waals surface area contributed by atoms with Crippen LogP contribution in [-0.2, 0) is 67.2 Å². The van der Waals surface area contributed by atoms with Gasteiger partial charge in [0.15, 0.2) is 5.96 Å². The summed E-state index contributed by atoms with van der Waals surface area (Å²) >= 11 is 0. The number of carbonyl (C=O) groups excluding carboxylic acids is 10. The number of benzene rings is 2. The highest BCUT2D eigenvalue weighted by Gasteiger charge is 2.41. The Balaban J connectivity index is 1.01. The summed E-state index contributed by atoms with van der Waals surface area (Å²) in [4.78, 5) is 151. The van der Waals surface area contributed by atoms with Gasteiger partial charge in [0, 0.05) is 88.1 Å². The monoisotopic (exact) mass is 1190 g/mol. The second kappa shape index (κ2) is 31.2. The molecule has 0 saturated carbocycles. The maximum Gasteiger partial charge on any atom is 0.245 e. The lowest BCUT2D eigenvalue weighted by molar-refractivity contribution is -0.145. The van der Waals surface area contributed by atoms with Crippen LogP contribution >= 0.6 is 0 Å². The largest absolute Gasteiger partial charge is 0.508 e. The van der Waals surface area contributed by atoms with Crippen molar-refractivity contribution in [2.45, 2.75) is 146 Å². The Morgan fingerprint density at radius 1 is 0.733 bits per heavy atom. The quantitative estimate of drug-likeness (QED) is 0.0156. The van der Waals surface area contributed by atoms with Gasteiger partial charge in [-0.2, -0.15) is 0 Å². The van der Waals surface area contributed by atoms with Crippen molar-refractivity contribution in [1.82, 2.24) is 72.6 Å². The lowest BCUT2D eigenvalue weighted by atomic mass is 10.0. The first-order chi connectivity index (χ1) is 41.3. The lowest BCUT2D eigenvalue weighted by Crippen LogP contribution is -2.60. The van der Waals surface area contributed by atoms with E-state index in [0.29, 0.717) is 55.7 Å². The van der Waals surface area contributed by atoms with E-state index in [-0.39, 0.29) is 93.9 Å². The van der Waals surface area contributed by atoms with Crippen molar-refractivity contribution in [3.8, 4) is 5.75 Å². The Kier molecular flexibility index (Phi) is 23.4. The number of aliphatic hydroxyl groups excluding tert-OH is 1. The third kappa shape index (κ3) is 18.5.